The molecule has 6 nitrogen and oxygen atoms in total. The number of esters is 1. The van der Waals surface area contributed by atoms with Crippen LogP contribution in [0.5, 0.6) is 5.75 Å². The van der Waals surface area contributed by atoms with Gasteiger partial charge in [0, 0.05) is 7.05 Å². The van der Waals surface area contributed by atoms with Crippen LogP contribution in [-0.2, 0) is 9.53 Å². The Morgan fingerprint density at radius 1 is 1.03 bits per heavy atom. The number of nitrogens with zero attached hydrogens (tertiary/aromatic N) is 2. The summed E-state index contributed by atoms with van der Waals surface area (Å²) in [6.07, 6.45) is 4.20. The van der Waals surface area contributed by atoms with Crippen LogP contribution in [-0.4, -0.2) is 41.1 Å². The van der Waals surface area contributed by atoms with Gasteiger partial charge in [-0.05, 0) is 48.2 Å². The maximum absolute atomic E-state index is 12.5. The molecule has 1 aliphatic carbocycles. The maximum Gasteiger partial charge on any atom is 0.338 e. The molecule has 0 saturated heterocycles. The van der Waals surface area contributed by atoms with Crippen molar-refractivity contribution in [2.45, 2.75) is 37.6 Å². The normalized spacial score (nSPS) is 15.2. The summed E-state index contributed by atoms with van der Waals surface area (Å²) in [4.78, 5) is 26.2. The molecule has 1 aliphatic rings. The fourth-order valence-corrected chi connectivity index (χ4v) is 3.66. The molecule has 6 heteroatoms. The van der Waals surface area contributed by atoms with Gasteiger partial charge in [-0.3, -0.25) is 4.79 Å². The number of carbonyl (C=O) groups is 2. The number of phenolic OH excluding ortho intramolecular Hbond substituents is 1. The topological polar surface area (TPSA) is 90.6 Å². The molecule has 2 aromatic rings. The van der Waals surface area contributed by atoms with Crippen LogP contribution in [0.3, 0.4) is 0 Å². The Labute approximate surface area is 170 Å². The Morgan fingerprint density at radius 3 is 2.14 bits per heavy atom. The fourth-order valence-electron chi connectivity index (χ4n) is 3.66. The van der Waals surface area contributed by atoms with Crippen LogP contribution in [0.2, 0.25) is 0 Å². The van der Waals surface area contributed by atoms with Gasteiger partial charge < -0.3 is 14.7 Å². The predicted octanol–water partition coefficient (Wildman–Crippen LogP) is 3.90. The smallest absolute Gasteiger partial charge is 0.338 e. The van der Waals surface area contributed by atoms with Crippen molar-refractivity contribution >= 4 is 11.9 Å². The third-order valence-electron chi connectivity index (χ3n) is 5.55. The van der Waals surface area contributed by atoms with Crippen LogP contribution in [0.25, 0.3) is 11.1 Å². The maximum atomic E-state index is 12.5. The van der Waals surface area contributed by atoms with E-state index in [1.54, 1.807) is 55.6 Å². The number of hydrogen-bond acceptors (Lipinski definition) is 5. The summed E-state index contributed by atoms with van der Waals surface area (Å²) >= 11 is 0. The Balaban J connectivity index is 1.59. The Hall–Kier alpha value is -3.33. The predicted molar refractivity (Wildman–Crippen MR) is 108 cm³/mol. The molecular weight excluding hydrogens is 368 g/mol. The first-order valence-electron chi connectivity index (χ1n) is 9.70. The summed E-state index contributed by atoms with van der Waals surface area (Å²) in [5.74, 6) is -0.767. The van der Waals surface area contributed by atoms with Crippen molar-refractivity contribution in [3.05, 3.63) is 54.1 Å². The van der Waals surface area contributed by atoms with E-state index in [9.17, 15) is 20.0 Å². The van der Waals surface area contributed by atoms with Crippen molar-refractivity contribution in [3.63, 3.8) is 0 Å². The van der Waals surface area contributed by atoms with Crippen LogP contribution >= 0.6 is 0 Å². The van der Waals surface area contributed by atoms with Crippen LogP contribution in [0.1, 0.15) is 42.5 Å². The third-order valence-corrected chi connectivity index (χ3v) is 5.55. The highest BCUT2D eigenvalue weighted by Gasteiger charge is 2.39. The van der Waals surface area contributed by atoms with Gasteiger partial charge in [0.1, 0.15) is 11.3 Å². The highest BCUT2D eigenvalue weighted by atomic mass is 16.5. The van der Waals surface area contributed by atoms with Crippen molar-refractivity contribution in [2.75, 3.05) is 13.7 Å². The average molecular weight is 392 g/mol. The van der Waals surface area contributed by atoms with Gasteiger partial charge in [0.25, 0.3) is 5.91 Å². The van der Waals surface area contributed by atoms with Gasteiger partial charge in [-0.25, -0.2) is 4.79 Å². The molecule has 0 unspecified atom stereocenters. The SMILES string of the molecule is CN(C(=O)COC(=O)c1ccc(-c2ccc(O)cc2)cc1)C1(C#N)CCCCC1. The summed E-state index contributed by atoms with van der Waals surface area (Å²) in [5.41, 5.74) is 1.35. The number of amides is 1. The minimum Gasteiger partial charge on any atom is -0.508 e. The van der Waals surface area contributed by atoms with Crippen molar-refractivity contribution in [1.29, 1.82) is 5.26 Å². The second kappa shape index (κ2) is 8.78. The number of ether oxygens (including phenoxy) is 1. The van der Waals surface area contributed by atoms with Gasteiger partial charge in [0.05, 0.1) is 11.6 Å². The van der Waals surface area contributed by atoms with E-state index < -0.39 is 18.1 Å². The zero-order valence-electron chi connectivity index (χ0n) is 16.4. The first kappa shape index (κ1) is 20.4. The molecule has 0 spiro atoms. The van der Waals surface area contributed by atoms with Gasteiger partial charge >= 0.3 is 5.97 Å². The zero-order valence-corrected chi connectivity index (χ0v) is 16.4. The van der Waals surface area contributed by atoms with Gasteiger partial charge in [-0.2, -0.15) is 5.26 Å². The first-order chi connectivity index (χ1) is 13.9. The van der Waals surface area contributed by atoms with Crippen LogP contribution in [0.15, 0.2) is 48.5 Å². The molecule has 2 aromatic carbocycles. The Bertz CT molecular complexity index is 907. The molecule has 1 saturated carbocycles. The molecule has 29 heavy (non-hydrogen) atoms. The van der Waals surface area contributed by atoms with Crippen LogP contribution in [0.4, 0.5) is 0 Å². The monoisotopic (exact) mass is 392 g/mol. The van der Waals surface area contributed by atoms with Gasteiger partial charge in [0.15, 0.2) is 6.61 Å². The summed E-state index contributed by atoms with van der Waals surface area (Å²) in [6.45, 7) is -0.390. The van der Waals surface area contributed by atoms with E-state index >= 15 is 0 Å². The molecular formula is C23H24N2O4. The second-order valence-electron chi connectivity index (χ2n) is 7.36. The molecule has 1 fully saturated rings. The van der Waals surface area contributed by atoms with Crippen molar-refractivity contribution in [3.8, 4) is 22.9 Å². The summed E-state index contributed by atoms with van der Waals surface area (Å²) < 4.78 is 5.18. The lowest BCUT2D eigenvalue weighted by molar-refractivity contribution is -0.138. The van der Waals surface area contributed by atoms with Crippen LogP contribution in [0, 0.1) is 11.3 Å². The molecule has 0 radical (unpaired) electrons. The number of carbonyl (C=O) groups excluding carboxylic acids is 2. The molecule has 0 atom stereocenters. The minimum absolute atomic E-state index is 0.190. The highest BCUT2D eigenvalue weighted by Crippen LogP contribution is 2.32. The summed E-state index contributed by atoms with van der Waals surface area (Å²) in [5, 5.41) is 19.0. The summed E-state index contributed by atoms with van der Waals surface area (Å²) in [7, 11) is 1.61. The standard InChI is InChI=1S/C23H24N2O4/c1-25(23(16-24)13-3-2-4-14-23)21(27)15-29-22(28)19-7-5-17(6-8-19)18-9-11-20(26)12-10-18/h5-12,26H,2-4,13-15H2,1H3. The molecule has 0 bridgehead atoms. The van der Waals surface area contributed by atoms with E-state index in [2.05, 4.69) is 6.07 Å². The average Bonchev–Trinajstić information content (AvgIpc) is 2.77. The zero-order chi connectivity index (χ0) is 20.9. The van der Waals surface area contributed by atoms with Crippen molar-refractivity contribution in [1.82, 2.24) is 4.90 Å². The fraction of sp³-hybridized carbons (Fsp3) is 0.348. The lowest BCUT2D eigenvalue weighted by Crippen LogP contribution is -2.51. The molecule has 1 N–H and O–H groups in total. The lowest BCUT2D eigenvalue weighted by atomic mass is 9.81. The first-order valence-corrected chi connectivity index (χ1v) is 9.70. The minimum atomic E-state index is -0.798. The quantitative estimate of drug-likeness (QED) is 0.779. The Kier molecular flexibility index (Phi) is 6.18. The molecule has 150 valence electrons. The second-order valence-corrected chi connectivity index (χ2v) is 7.36. The molecule has 3 rings (SSSR count). The Morgan fingerprint density at radius 2 is 1.59 bits per heavy atom. The number of rotatable bonds is 5. The molecule has 0 heterocycles. The van der Waals surface area contributed by atoms with Gasteiger partial charge in [0.2, 0.25) is 0 Å². The van der Waals surface area contributed by atoms with Gasteiger partial charge in [-0.1, -0.05) is 43.5 Å². The number of nitriles is 1. The third kappa shape index (κ3) is 4.57. The van der Waals surface area contributed by atoms with E-state index in [1.165, 1.54) is 4.90 Å². The van der Waals surface area contributed by atoms with E-state index in [1.807, 2.05) is 0 Å². The summed E-state index contributed by atoms with van der Waals surface area (Å²) in [6, 6.07) is 15.9. The van der Waals surface area contributed by atoms with Crippen molar-refractivity contribution in [2.24, 2.45) is 0 Å². The number of aromatic hydroxyl groups is 1. The largest absolute Gasteiger partial charge is 0.508 e. The van der Waals surface area contributed by atoms with E-state index in [0.717, 1.165) is 30.4 Å². The van der Waals surface area contributed by atoms with Crippen LogP contribution < -0.4 is 0 Å². The molecule has 0 aliphatic heterocycles. The number of likely N-dealkylation sites (N-methyl/N-ethyl adjacent to an activating group) is 1. The molecule has 0 aromatic heterocycles. The van der Waals surface area contributed by atoms with E-state index in [-0.39, 0.29) is 11.7 Å². The lowest BCUT2D eigenvalue weighted by Gasteiger charge is -2.38. The number of phenols is 1. The molecule has 1 amide bonds. The number of hydrogen-bond donors (Lipinski definition) is 1. The van der Waals surface area contributed by atoms with Crippen molar-refractivity contribution < 1.29 is 19.4 Å². The number of benzene rings is 2. The van der Waals surface area contributed by atoms with E-state index in [0.29, 0.717) is 18.4 Å². The highest BCUT2D eigenvalue weighted by molar-refractivity contribution is 5.92. The van der Waals surface area contributed by atoms with Gasteiger partial charge in [-0.15, -0.1) is 0 Å². The van der Waals surface area contributed by atoms with E-state index in [4.69, 9.17) is 4.74 Å².